The monoisotopic (exact) mass is 234 g/mol. The van der Waals surface area contributed by atoms with E-state index in [4.69, 9.17) is 10.8 Å². The molecular weight excluding hydrogens is 216 g/mol. The Kier molecular flexibility index (Phi) is 2.83. The molecule has 1 aromatic rings. The first kappa shape index (κ1) is 11.9. The molecular formula is C13H18N2O2. The zero-order valence-electron chi connectivity index (χ0n) is 10.2. The van der Waals surface area contributed by atoms with Gasteiger partial charge in [0.1, 0.15) is 5.54 Å². The minimum Gasteiger partial charge on any atom is -0.480 e. The van der Waals surface area contributed by atoms with Crippen molar-refractivity contribution in [2.45, 2.75) is 25.8 Å². The Bertz CT molecular complexity index is 438. The number of aliphatic carboxylic acids is 1. The molecule has 0 amide bonds. The van der Waals surface area contributed by atoms with Crippen molar-refractivity contribution < 1.29 is 9.90 Å². The fraction of sp³-hybridized carbons (Fsp3) is 0.462. The van der Waals surface area contributed by atoms with Crippen molar-refractivity contribution >= 4 is 11.7 Å². The third-order valence-electron chi connectivity index (χ3n) is 3.30. The number of hydrogen-bond acceptors (Lipinski definition) is 3. The minimum atomic E-state index is -1.10. The van der Waals surface area contributed by atoms with Gasteiger partial charge in [0.15, 0.2) is 0 Å². The number of hydrogen-bond donors (Lipinski definition) is 2. The molecule has 1 atom stereocenters. The summed E-state index contributed by atoms with van der Waals surface area (Å²) >= 11 is 0. The van der Waals surface area contributed by atoms with Gasteiger partial charge in [0.25, 0.3) is 0 Å². The Morgan fingerprint density at radius 1 is 1.35 bits per heavy atom. The topological polar surface area (TPSA) is 66.6 Å². The van der Waals surface area contributed by atoms with Gasteiger partial charge in [-0.25, -0.2) is 0 Å². The Hall–Kier alpha value is -1.55. The molecule has 4 nitrogen and oxygen atoms in total. The molecule has 1 heterocycles. The van der Waals surface area contributed by atoms with Gasteiger partial charge in [0.05, 0.1) is 0 Å². The van der Waals surface area contributed by atoms with Gasteiger partial charge in [-0.3, -0.25) is 4.79 Å². The van der Waals surface area contributed by atoms with Crippen LogP contribution in [0.15, 0.2) is 18.2 Å². The van der Waals surface area contributed by atoms with Crippen molar-refractivity contribution in [2.24, 2.45) is 5.73 Å². The second-order valence-corrected chi connectivity index (χ2v) is 4.98. The molecule has 1 aliphatic rings. The fourth-order valence-electron chi connectivity index (χ4n) is 2.36. The quantitative estimate of drug-likeness (QED) is 0.809. The maximum Gasteiger partial charge on any atom is 0.325 e. The lowest BCUT2D eigenvalue weighted by atomic mass is 10.0. The zero-order valence-corrected chi connectivity index (χ0v) is 10.2. The number of carboxylic acid groups (broad SMARTS) is 1. The van der Waals surface area contributed by atoms with Gasteiger partial charge in [-0.1, -0.05) is 6.07 Å². The van der Waals surface area contributed by atoms with Crippen LogP contribution in [0, 0.1) is 13.8 Å². The number of carbonyl (C=O) groups is 1. The smallest absolute Gasteiger partial charge is 0.325 e. The minimum absolute atomic E-state index is 0.380. The molecule has 1 aliphatic heterocycles. The summed E-state index contributed by atoms with van der Waals surface area (Å²) in [6.07, 6.45) is 0.495. The lowest BCUT2D eigenvalue weighted by Gasteiger charge is -2.22. The average Bonchev–Trinajstić information content (AvgIpc) is 2.61. The van der Waals surface area contributed by atoms with Crippen LogP contribution >= 0.6 is 0 Å². The Morgan fingerprint density at radius 3 is 2.41 bits per heavy atom. The number of rotatable bonds is 2. The third kappa shape index (κ3) is 2.26. The van der Waals surface area contributed by atoms with Gasteiger partial charge >= 0.3 is 5.97 Å². The van der Waals surface area contributed by atoms with Crippen LogP contribution in [-0.2, 0) is 4.79 Å². The number of nitrogens with two attached hydrogens (primary N) is 1. The molecule has 92 valence electrons. The second-order valence-electron chi connectivity index (χ2n) is 4.98. The van der Waals surface area contributed by atoms with Crippen molar-refractivity contribution in [3.8, 4) is 0 Å². The zero-order chi connectivity index (χ0) is 12.6. The van der Waals surface area contributed by atoms with Gasteiger partial charge in [-0.05, 0) is 43.5 Å². The maximum absolute atomic E-state index is 11.1. The van der Waals surface area contributed by atoms with E-state index in [0.29, 0.717) is 19.5 Å². The first-order valence-corrected chi connectivity index (χ1v) is 5.76. The van der Waals surface area contributed by atoms with E-state index in [1.54, 1.807) is 0 Å². The summed E-state index contributed by atoms with van der Waals surface area (Å²) in [5.41, 5.74) is 8.20. The number of aryl methyl sites for hydroxylation is 2. The lowest BCUT2D eigenvalue weighted by molar-refractivity contribution is -0.142. The van der Waals surface area contributed by atoms with Gasteiger partial charge in [-0.2, -0.15) is 0 Å². The molecule has 2 rings (SSSR count). The van der Waals surface area contributed by atoms with E-state index in [9.17, 15) is 4.79 Å². The van der Waals surface area contributed by atoms with Crippen LogP contribution in [0.1, 0.15) is 17.5 Å². The van der Waals surface area contributed by atoms with Crippen LogP contribution < -0.4 is 10.6 Å². The predicted octanol–water partition coefficient (Wildman–Crippen LogP) is 1.30. The predicted molar refractivity (Wildman–Crippen MR) is 67.3 cm³/mol. The first-order chi connectivity index (χ1) is 7.90. The molecule has 1 unspecified atom stereocenters. The van der Waals surface area contributed by atoms with E-state index in [2.05, 4.69) is 18.2 Å². The molecule has 0 aromatic heterocycles. The lowest BCUT2D eigenvalue weighted by Crippen LogP contribution is -2.50. The third-order valence-corrected chi connectivity index (χ3v) is 3.30. The molecule has 0 spiro atoms. The van der Waals surface area contributed by atoms with E-state index in [-0.39, 0.29) is 0 Å². The standard InChI is InChI=1S/C13H18N2O2/c1-9-5-10(2)7-11(6-9)15-4-3-13(14,8-15)12(16)17/h5-7H,3-4,8,14H2,1-2H3,(H,16,17). The van der Waals surface area contributed by atoms with Crippen LogP contribution in [-0.4, -0.2) is 29.7 Å². The molecule has 3 N–H and O–H groups in total. The van der Waals surface area contributed by atoms with Crippen molar-refractivity contribution in [3.05, 3.63) is 29.3 Å². The van der Waals surface area contributed by atoms with Crippen LogP contribution in [0.3, 0.4) is 0 Å². The van der Waals surface area contributed by atoms with E-state index < -0.39 is 11.5 Å². The summed E-state index contributed by atoms with van der Waals surface area (Å²) in [5.74, 6) is -0.913. The van der Waals surface area contributed by atoms with Crippen molar-refractivity contribution in [1.82, 2.24) is 0 Å². The fourth-order valence-corrected chi connectivity index (χ4v) is 2.36. The van der Waals surface area contributed by atoms with Gasteiger partial charge < -0.3 is 15.7 Å². The highest BCUT2D eigenvalue weighted by atomic mass is 16.4. The molecule has 0 aliphatic carbocycles. The van der Waals surface area contributed by atoms with E-state index in [1.807, 2.05) is 18.7 Å². The molecule has 0 saturated carbocycles. The molecule has 0 bridgehead atoms. The van der Waals surface area contributed by atoms with Crippen molar-refractivity contribution in [1.29, 1.82) is 0 Å². The largest absolute Gasteiger partial charge is 0.480 e. The average molecular weight is 234 g/mol. The number of nitrogens with zero attached hydrogens (tertiary/aromatic N) is 1. The highest BCUT2D eigenvalue weighted by molar-refractivity contribution is 5.80. The van der Waals surface area contributed by atoms with Gasteiger partial charge in [-0.15, -0.1) is 0 Å². The summed E-state index contributed by atoms with van der Waals surface area (Å²) in [4.78, 5) is 13.1. The first-order valence-electron chi connectivity index (χ1n) is 5.76. The van der Waals surface area contributed by atoms with Crippen LogP contribution in [0.4, 0.5) is 5.69 Å². The molecule has 1 saturated heterocycles. The van der Waals surface area contributed by atoms with E-state index >= 15 is 0 Å². The van der Waals surface area contributed by atoms with Crippen molar-refractivity contribution in [2.75, 3.05) is 18.0 Å². The Balaban J connectivity index is 2.23. The SMILES string of the molecule is Cc1cc(C)cc(N2CCC(N)(C(=O)O)C2)c1. The second kappa shape index (κ2) is 4.04. The Labute approximate surface area is 101 Å². The summed E-state index contributed by atoms with van der Waals surface area (Å²) in [6.45, 7) is 5.16. The summed E-state index contributed by atoms with van der Waals surface area (Å²) in [7, 11) is 0. The van der Waals surface area contributed by atoms with Crippen LogP contribution in [0.5, 0.6) is 0 Å². The van der Waals surface area contributed by atoms with Crippen LogP contribution in [0.25, 0.3) is 0 Å². The van der Waals surface area contributed by atoms with E-state index in [0.717, 1.165) is 5.69 Å². The maximum atomic E-state index is 11.1. The van der Waals surface area contributed by atoms with Gasteiger partial charge in [0.2, 0.25) is 0 Å². The molecule has 1 fully saturated rings. The molecule has 0 radical (unpaired) electrons. The number of carboxylic acids is 1. The Morgan fingerprint density at radius 2 is 1.94 bits per heavy atom. The summed E-state index contributed by atoms with van der Waals surface area (Å²) in [6, 6.07) is 6.24. The molecule has 17 heavy (non-hydrogen) atoms. The van der Waals surface area contributed by atoms with E-state index in [1.165, 1.54) is 11.1 Å². The normalized spacial score (nSPS) is 24.1. The summed E-state index contributed by atoms with van der Waals surface area (Å²) in [5, 5.41) is 9.09. The number of benzene rings is 1. The van der Waals surface area contributed by atoms with Crippen molar-refractivity contribution in [3.63, 3.8) is 0 Å². The molecule has 1 aromatic carbocycles. The van der Waals surface area contributed by atoms with Gasteiger partial charge in [0, 0.05) is 18.8 Å². The van der Waals surface area contributed by atoms with Crippen LogP contribution in [0.2, 0.25) is 0 Å². The highest BCUT2D eigenvalue weighted by Gasteiger charge is 2.41. The summed E-state index contributed by atoms with van der Waals surface area (Å²) < 4.78 is 0. The number of anilines is 1. The highest BCUT2D eigenvalue weighted by Crippen LogP contribution is 2.27. The molecule has 4 heteroatoms.